The van der Waals surface area contributed by atoms with Gasteiger partial charge < -0.3 is 5.11 Å². The first-order chi connectivity index (χ1) is 7.60. The molecule has 0 saturated carbocycles. The van der Waals surface area contributed by atoms with Crippen molar-refractivity contribution in [3.8, 4) is 0 Å². The van der Waals surface area contributed by atoms with Crippen LogP contribution in [0.3, 0.4) is 0 Å². The van der Waals surface area contributed by atoms with Crippen LogP contribution in [0.2, 0.25) is 0 Å². The molecule has 1 aromatic rings. The molecule has 2 nitrogen and oxygen atoms in total. The molecule has 0 bridgehead atoms. The van der Waals surface area contributed by atoms with Gasteiger partial charge in [-0.2, -0.15) is 11.8 Å². The normalized spacial score (nSPS) is 26.9. The quantitative estimate of drug-likeness (QED) is 0.931. The van der Waals surface area contributed by atoms with Gasteiger partial charge in [0, 0.05) is 27.5 Å². The summed E-state index contributed by atoms with van der Waals surface area (Å²) in [6, 6.07) is 3.94. The molecule has 1 aliphatic rings. The van der Waals surface area contributed by atoms with E-state index in [0.717, 1.165) is 16.6 Å². The smallest absolute Gasteiger partial charge is 0.0739 e. The number of rotatable bonds is 3. The zero-order chi connectivity index (χ0) is 11.6. The average Bonchev–Trinajstić information content (AvgIpc) is 2.70. The van der Waals surface area contributed by atoms with Crippen LogP contribution in [0.1, 0.15) is 25.5 Å². The second-order valence-electron chi connectivity index (χ2n) is 4.45. The van der Waals surface area contributed by atoms with E-state index in [1.54, 1.807) is 6.20 Å². The molecule has 2 rings (SSSR count). The highest BCUT2D eigenvalue weighted by molar-refractivity contribution is 9.10. The van der Waals surface area contributed by atoms with Crippen LogP contribution in [0.4, 0.5) is 0 Å². The van der Waals surface area contributed by atoms with Gasteiger partial charge in [-0.1, -0.05) is 0 Å². The standard InChI is InChI=1S/C12H16BrNOS/c1-12(5-2-6-16-12)11(15)7-10-4-3-9(13)8-14-10/h3-4,8,11,15H,2,5-7H2,1H3. The van der Waals surface area contributed by atoms with Gasteiger partial charge in [-0.25, -0.2) is 0 Å². The van der Waals surface area contributed by atoms with Crippen LogP contribution in [-0.2, 0) is 6.42 Å². The Hall–Kier alpha value is -0.0600. The number of hydrogen-bond donors (Lipinski definition) is 1. The van der Waals surface area contributed by atoms with E-state index in [4.69, 9.17) is 0 Å². The Kier molecular flexibility index (Phi) is 3.93. The van der Waals surface area contributed by atoms with Crippen LogP contribution in [0.5, 0.6) is 0 Å². The summed E-state index contributed by atoms with van der Waals surface area (Å²) in [7, 11) is 0. The molecular weight excluding hydrogens is 286 g/mol. The minimum Gasteiger partial charge on any atom is -0.391 e. The third-order valence-electron chi connectivity index (χ3n) is 3.15. The lowest BCUT2D eigenvalue weighted by Crippen LogP contribution is -2.35. The fourth-order valence-electron chi connectivity index (χ4n) is 2.00. The molecule has 2 unspecified atom stereocenters. The van der Waals surface area contributed by atoms with Crippen molar-refractivity contribution in [3.63, 3.8) is 0 Å². The molecule has 1 aromatic heterocycles. The molecule has 88 valence electrons. The van der Waals surface area contributed by atoms with Crippen molar-refractivity contribution in [1.82, 2.24) is 4.98 Å². The lowest BCUT2D eigenvalue weighted by molar-refractivity contribution is 0.132. The molecule has 1 fully saturated rings. The minimum atomic E-state index is -0.298. The summed E-state index contributed by atoms with van der Waals surface area (Å²) in [5, 5.41) is 10.3. The monoisotopic (exact) mass is 301 g/mol. The summed E-state index contributed by atoms with van der Waals surface area (Å²) >= 11 is 5.25. The number of aliphatic hydroxyl groups is 1. The van der Waals surface area contributed by atoms with Crippen molar-refractivity contribution in [2.75, 3.05) is 5.75 Å². The van der Waals surface area contributed by atoms with Crippen LogP contribution in [0.15, 0.2) is 22.8 Å². The largest absolute Gasteiger partial charge is 0.391 e. The summed E-state index contributed by atoms with van der Waals surface area (Å²) in [6.45, 7) is 2.16. The first-order valence-corrected chi connectivity index (χ1v) is 7.30. The van der Waals surface area contributed by atoms with E-state index in [2.05, 4.69) is 27.8 Å². The molecular formula is C12H16BrNOS. The molecule has 0 amide bonds. The van der Waals surface area contributed by atoms with Gasteiger partial charge in [0.2, 0.25) is 0 Å². The number of aliphatic hydroxyl groups excluding tert-OH is 1. The Bertz CT molecular complexity index is 349. The van der Waals surface area contributed by atoms with Crippen LogP contribution < -0.4 is 0 Å². The molecule has 16 heavy (non-hydrogen) atoms. The highest BCUT2D eigenvalue weighted by Crippen LogP contribution is 2.41. The third-order valence-corrected chi connectivity index (χ3v) is 5.24. The summed E-state index contributed by atoms with van der Waals surface area (Å²) in [4.78, 5) is 4.30. The minimum absolute atomic E-state index is 0.0226. The maximum absolute atomic E-state index is 10.3. The van der Waals surface area contributed by atoms with Gasteiger partial charge in [-0.05, 0) is 53.6 Å². The van der Waals surface area contributed by atoms with Crippen molar-refractivity contribution in [3.05, 3.63) is 28.5 Å². The van der Waals surface area contributed by atoms with Crippen molar-refractivity contribution in [2.24, 2.45) is 0 Å². The van der Waals surface area contributed by atoms with E-state index in [1.807, 2.05) is 23.9 Å². The molecule has 0 aromatic carbocycles. The van der Waals surface area contributed by atoms with Crippen molar-refractivity contribution in [1.29, 1.82) is 0 Å². The van der Waals surface area contributed by atoms with Crippen LogP contribution >= 0.6 is 27.7 Å². The summed E-state index contributed by atoms with van der Waals surface area (Å²) in [5.41, 5.74) is 0.962. The molecule has 1 N–H and O–H groups in total. The first-order valence-electron chi connectivity index (χ1n) is 5.53. The number of thioether (sulfide) groups is 1. The second kappa shape index (κ2) is 5.07. The Morgan fingerprint density at radius 3 is 3.00 bits per heavy atom. The molecule has 0 aliphatic carbocycles. The van der Waals surface area contributed by atoms with Gasteiger partial charge in [0.15, 0.2) is 0 Å². The maximum Gasteiger partial charge on any atom is 0.0739 e. The molecule has 4 heteroatoms. The van der Waals surface area contributed by atoms with Gasteiger partial charge in [-0.15, -0.1) is 0 Å². The lowest BCUT2D eigenvalue weighted by atomic mass is 9.95. The fourth-order valence-corrected chi connectivity index (χ4v) is 3.56. The average molecular weight is 302 g/mol. The maximum atomic E-state index is 10.3. The molecule has 1 aliphatic heterocycles. The summed E-state index contributed by atoms with van der Waals surface area (Å²) in [5.74, 6) is 1.17. The highest BCUT2D eigenvalue weighted by atomic mass is 79.9. The van der Waals surface area contributed by atoms with Crippen LogP contribution in [-0.4, -0.2) is 26.7 Å². The number of hydrogen-bond acceptors (Lipinski definition) is 3. The summed E-state index contributed by atoms with van der Waals surface area (Å²) < 4.78 is 1.00. The Labute approximate surface area is 109 Å². The number of pyridine rings is 1. The SMILES string of the molecule is CC1(C(O)Cc2ccc(Br)cn2)CCCS1. The van der Waals surface area contributed by atoms with Gasteiger partial charge in [-0.3, -0.25) is 4.98 Å². The van der Waals surface area contributed by atoms with E-state index in [-0.39, 0.29) is 10.9 Å². The molecule has 1 saturated heterocycles. The number of aromatic nitrogens is 1. The predicted molar refractivity (Wildman–Crippen MR) is 71.7 cm³/mol. The van der Waals surface area contributed by atoms with E-state index in [9.17, 15) is 5.11 Å². The van der Waals surface area contributed by atoms with E-state index in [1.165, 1.54) is 12.2 Å². The van der Waals surface area contributed by atoms with Crippen LogP contribution in [0.25, 0.3) is 0 Å². The number of halogens is 1. The first kappa shape index (κ1) is 12.4. The second-order valence-corrected chi connectivity index (χ2v) is 7.00. The summed E-state index contributed by atoms with van der Waals surface area (Å²) in [6.07, 6.45) is 4.46. The highest BCUT2D eigenvalue weighted by Gasteiger charge is 2.36. The molecule has 2 atom stereocenters. The third kappa shape index (κ3) is 2.79. The van der Waals surface area contributed by atoms with Crippen molar-refractivity contribution in [2.45, 2.75) is 37.0 Å². The lowest BCUT2D eigenvalue weighted by Gasteiger charge is -2.28. The molecule has 2 heterocycles. The van der Waals surface area contributed by atoms with Gasteiger partial charge >= 0.3 is 0 Å². The Balaban J connectivity index is 2.01. The van der Waals surface area contributed by atoms with E-state index in [0.29, 0.717) is 6.42 Å². The van der Waals surface area contributed by atoms with Crippen molar-refractivity contribution >= 4 is 27.7 Å². The Morgan fingerprint density at radius 1 is 1.62 bits per heavy atom. The Morgan fingerprint density at radius 2 is 2.44 bits per heavy atom. The van der Waals surface area contributed by atoms with Crippen LogP contribution in [0, 0.1) is 0 Å². The number of nitrogens with zero attached hydrogens (tertiary/aromatic N) is 1. The van der Waals surface area contributed by atoms with E-state index < -0.39 is 0 Å². The van der Waals surface area contributed by atoms with Gasteiger partial charge in [0.1, 0.15) is 0 Å². The predicted octanol–water partition coefficient (Wildman–Crippen LogP) is 3.03. The van der Waals surface area contributed by atoms with Gasteiger partial charge in [0.25, 0.3) is 0 Å². The zero-order valence-electron chi connectivity index (χ0n) is 9.32. The van der Waals surface area contributed by atoms with Gasteiger partial charge in [0.05, 0.1) is 6.10 Å². The topological polar surface area (TPSA) is 33.1 Å². The molecule has 0 spiro atoms. The fraction of sp³-hybridized carbons (Fsp3) is 0.583. The van der Waals surface area contributed by atoms with Crippen molar-refractivity contribution < 1.29 is 5.11 Å². The molecule has 0 radical (unpaired) electrons. The van der Waals surface area contributed by atoms with E-state index >= 15 is 0 Å². The zero-order valence-corrected chi connectivity index (χ0v) is 11.7.